The Balaban J connectivity index is 1.28. The Labute approximate surface area is 222 Å². The molecule has 0 unspecified atom stereocenters. The summed E-state index contributed by atoms with van der Waals surface area (Å²) in [6.45, 7) is 8.50. The van der Waals surface area contributed by atoms with Crippen LogP contribution in [0.2, 0.25) is 0 Å². The normalized spacial score (nSPS) is 14.9. The van der Waals surface area contributed by atoms with Crippen LogP contribution in [-0.4, -0.2) is 67.8 Å². The lowest BCUT2D eigenvalue weighted by Gasteiger charge is -2.22. The SMILES string of the molecule is CC(C)c1c2cc(-c3ccnc(Nc4ccc5c(N6CCCN(C)CC6)ncnc5c4)n3)ccc2nn1C. The zero-order valence-electron chi connectivity index (χ0n) is 22.4. The van der Waals surface area contributed by atoms with Gasteiger partial charge in [0, 0.05) is 60.6 Å². The summed E-state index contributed by atoms with van der Waals surface area (Å²) >= 11 is 0. The van der Waals surface area contributed by atoms with Gasteiger partial charge in [-0.15, -0.1) is 0 Å². The number of anilines is 3. The monoisotopic (exact) mass is 507 g/mol. The third-order valence-electron chi connectivity index (χ3n) is 7.27. The van der Waals surface area contributed by atoms with Crippen molar-refractivity contribution in [2.24, 2.45) is 7.05 Å². The predicted molar refractivity (Wildman–Crippen MR) is 153 cm³/mol. The Kier molecular flexibility index (Phi) is 6.37. The van der Waals surface area contributed by atoms with E-state index in [4.69, 9.17) is 4.98 Å². The van der Waals surface area contributed by atoms with Crippen LogP contribution in [0.15, 0.2) is 55.0 Å². The van der Waals surface area contributed by atoms with Gasteiger partial charge in [-0.1, -0.05) is 19.9 Å². The molecule has 4 heterocycles. The molecule has 1 N–H and O–H groups in total. The van der Waals surface area contributed by atoms with Crippen LogP contribution in [0.1, 0.15) is 31.9 Å². The van der Waals surface area contributed by atoms with E-state index in [1.54, 1.807) is 12.5 Å². The summed E-state index contributed by atoms with van der Waals surface area (Å²) in [7, 11) is 4.18. The van der Waals surface area contributed by atoms with Crippen LogP contribution in [0.3, 0.4) is 0 Å². The first-order valence-electron chi connectivity index (χ1n) is 13.2. The molecule has 5 aromatic rings. The predicted octanol–water partition coefficient (Wildman–Crippen LogP) is 4.98. The van der Waals surface area contributed by atoms with Crippen molar-refractivity contribution >= 4 is 39.3 Å². The summed E-state index contributed by atoms with van der Waals surface area (Å²) in [5.74, 6) is 1.92. The maximum Gasteiger partial charge on any atom is 0.227 e. The number of likely N-dealkylation sites (N-methyl/N-ethyl adjacent to an activating group) is 1. The van der Waals surface area contributed by atoms with E-state index < -0.39 is 0 Å². The molecule has 1 aliphatic rings. The molecule has 9 heteroatoms. The van der Waals surface area contributed by atoms with Crippen LogP contribution in [0.25, 0.3) is 33.1 Å². The number of nitrogens with zero attached hydrogens (tertiary/aromatic N) is 8. The molecule has 0 aliphatic carbocycles. The number of fused-ring (bicyclic) bond motifs is 2. The Morgan fingerprint density at radius 3 is 2.61 bits per heavy atom. The average Bonchev–Trinajstić information content (AvgIpc) is 3.09. The minimum absolute atomic E-state index is 0.376. The Hall–Kier alpha value is -4.11. The zero-order chi connectivity index (χ0) is 26.2. The fraction of sp³-hybridized carbons (Fsp3) is 0.345. The summed E-state index contributed by atoms with van der Waals surface area (Å²) in [4.78, 5) is 23.2. The lowest BCUT2D eigenvalue weighted by Crippen LogP contribution is -2.29. The van der Waals surface area contributed by atoms with Crippen LogP contribution in [0.5, 0.6) is 0 Å². The first-order chi connectivity index (χ1) is 18.5. The second-order valence-electron chi connectivity index (χ2n) is 10.4. The quantitative estimate of drug-likeness (QED) is 0.356. The third kappa shape index (κ3) is 4.65. The Bertz CT molecular complexity index is 1610. The molecule has 2 aromatic carbocycles. The van der Waals surface area contributed by atoms with E-state index >= 15 is 0 Å². The minimum atomic E-state index is 0.376. The first kappa shape index (κ1) is 24.2. The van der Waals surface area contributed by atoms with E-state index in [0.717, 1.165) is 77.2 Å². The zero-order valence-corrected chi connectivity index (χ0v) is 22.4. The van der Waals surface area contributed by atoms with Crippen molar-refractivity contribution in [1.82, 2.24) is 34.6 Å². The number of nitrogens with one attached hydrogen (secondary N) is 1. The van der Waals surface area contributed by atoms with Crippen LogP contribution < -0.4 is 10.2 Å². The first-order valence-corrected chi connectivity index (χ1v) is 13.2. The molecule has 38 heavy (non-hydrogen) atoms. The highest BCUT2D eigenvalue weighted by molar-refractivity contribution is 5.92. The van der Waals surface area contributed by atoms with Crippen molar-refractivity contribution < 1.29 is 0 Å². The highest BCUT2D eigenvalue weighted by atomic mass is 15.3. The van der Waals surface area contributed by atoms with E-state index in [9.17, 15) is 0 Å². The van der Waals surface area contributed by atoms with E-state index in [-0.39, 0.29) is 0 Å². The number of hydrogen-bond donors (Lipinski definition) is 1. The molecule has 0 spiro atoms. The topological polar surface area (TPSA) is 87.9 Å². The summed E-state index contributed by atoms with van der Waals surface area (Å²) in [5, 5.41) is 10.3. The molecule has 1 fully saturated rings. The van der Waals surface area contributed by atoms with Crippen molar-refractivity contribution in [2.45, 2.75) is 26.2 Å². The number of benzene rings is 2. The lowest BCUT2D eigenvalue weighted by atomic mass is 10.0. The number of aryl methyl sites for hydroxylation is 1. The van der Waals surface area contributed by atoms with E-state index in [2.05, 4.69) is 80.3 Å². The average molecular weight is 508 g/mol. The van der Waals surface area contributed by atoms with Gasteiger partial charge in [0.15, 0.2) is 0 Å². The van der Waals surface area contributed by atoms with Gasteiger partial charge in [-0.2, -0.15) is 5.10 Å². The minimum Gasteiger partial charge on any atom is -0.355 e. The largest absolute Gasteiger partial charge is 0.355 e. The Morgan fingerprint density at radius 2 is 1.74 bits per heavy atom. The van der Waals surface area contributed by atoms with Crippen LogP contribution >= 0.6 is 0 Å². The number of rotatable bonds is 5. The molecule has 1 aliphatic heterocycles. The molecule has 1 saturated heterocycles. The second kappa shape index (κ2) is 9.98. The van der Waals surface area contributed by atoms with E-state index in [1.807, 2.05) is 29.9 Å². The van der Waals surface area contributed by atoms with E-state index in [0.29, 0.717) is 11.9 Å². The van der Waals surface area contributed by atoms with Crippen molar-refractivity contribution in [3.05, 3.63) is 60.7 Å². The van der Waals surface area contributed by atoms with E-state index in [1.165, 1.54) is 5.69 Å². The standard InChI is InChI=1S/C29H33N9/c1-19(2)27-23-16-20(6-9-25(23)35-37(27)4)24-10-11-30-29(34-24)33-21-7-8-22-26(17-21)31-18-32-28(22)38-13-5-12-36(3)14-15-38/h6-11,16-19H,5,12-15H2,1-4H3,(H,30,33,34). The molecule has 6 rings (SSSR count). The van der Waals surface area contributed by atoms with Crippen molar-refractivity contribution in [3.8, 4) is 11.3 Å². The van der Waals surface area contributed by atoms with Crippen molar-refractivity contribution in [3.63, 3.8) is 0 Å². The van der Waals surface area contributed by atoms with Gasteiger partial charge in [0.25, 0.3) is 0 Å². The van der Waals surface area contributed by atoms with Gasteiger partial charge < -0.3 is 15.1 Å². The maximum absolute atomic E-state index is 4.82. The molecule has 3 aromatic heterocycles. The van der Waals surface area contributed by atoms with Crippen LogP contribution in [-0.2, 0) is 7.05 Å². The van der Waals surface area contributed by atoms with Crippen molar-refractivity contribution in [1.29, 1.82) is 0 Å². The molecule has 0 radical (unpaired) electrons. The van der Waals surface area contributed by atoms with Gasteiger partial charge in [-0.05, 0) is 62.3 Å². The molecule has 0 saturated carbocycles. The van der Waals surface area contributed by atoms with Gasteiger partial charge in [0.05, 0.1) is 16.7 Å². The van der Waals surface area contributed by atoms with Gasteiger partial charge in [-0.3, -0.25) is 4.68 Å². The van der Waals surface area contributed by atoms with Crippen molar-refractivity contribution in [2.75, 3.05) is 43.4 Å². The summed E-state index contributed by atoms with van der Waals surface area (Å²) < 4.78 is 1.98. The van der Waals surface area contributed by atoms with Crippen LogP contribution in [0, 0.1) is 0 Å². The summed E-state index contributed by atoms with van der Waals surface area (Å²) in [6, 6.07) is 14.4. The second-order valence-corrected chi connectivity index (χ2v) is 10.4. The molecule has 0 bridgehead atoms. The smallest absolute Gasteiger partial charge is 0.227 e. The van der Waals surface area contributed by atoms with Gasteiger partial charge in [-0.25, -0.2) is 19.9 Å². The third-order valence-corrected chi connectivity index (χ3v) is 7.27. The maximum atomic E-state index is 4.82. The molecular formula is C29H33N9. The molecule has 9 nitrogen and oxygen atoms in total. The summed E-state index contributed by atoms with van der Waals surface area (Å²) in [5.41, 5.74) is 5.91. The summed E-state index contributed by atoms with van der Waals surface area (Å²) in [6.07, 6.45) is 4.58. The lowest BCUT2D eigenvalue weighted by molar-refractivity contribution is 0.360. The molecule has 0 atom stereocenters. The van der Waals surface area contributed by atoms with Gasteiger partial charge >= 0.3 is 0 Å². The van der Waals surface area contributed by atoms with Crippen LogP contribution in [0.4, 0.5) is 17.5 Å². The van der Waals surface area contributed by atoms with Gasteiger partial charge in [0.2, 0.25) is 5.95 Å². The Morgan fingerprint density at radius 1 is 0.842 bits per heavy atom. The molecular weight excluding hydrogens is 474 g/mol. The number of aromatic nitrogens is 6. The molecule has 0 amide bonds. The highest BCUT2D eigenvalue weighted by Gasteiger charge is 2.17. The molecule has 194 valence electrons. The number of hydrogen-bond acceptors (Lipinski definition) is 8. The van der Waals surface area contributed by atoms with Gasteiger partial charge in [0.1, 0.15) is 12.1 Å². The highest BCUT2D eigenvalue weighted by Crippen LogP contribution is 2.30. The fourth-order valence-corrected chi connectivity index (χ4v) is 5.40. The fourth-order valence-electron chi connectivity index (χ4n) is 5.40.